The number of hydrogen-bond donors (Lipinski definition) is 0. The monoisotopic (exact) mass is 332 g/mol. The molecular formula is C12H11BrClFN2O. The highest BCUT2D eigenvalue weighted by Crippen LogP contribution is 2.26. The molecule has 6 heteroatoms. The summed E-state index contributed by atoms with van der Waals surface area (Å²) in [4.78, 5) is 0.0230. The van der Waals surface area contributed by atoms with Crippen molar-refractivity contribution < 1.29 is 8.81 Å². The molecule has 0 radical (unpaired) electrons. The fraction of sp³-hybridized carbons (Fsp3) is 0.333. The van der Waals surface area contributed by atoms with Crippen LogP contribution in [0.2, 0.25) is 5.02 Å². The van der Waals surface area contributed by atoms with E-state index in [1.807, 2.05) is 6.92 Å². The minimum Gasteiger partial charge on any atom is -0.424 e. The van der Waals surface area contributed by atoms with Crippen LogP contribution in [0.4, 0.5) is 4.39 Å². The van der Waals surface area contributed by atoms with E-state index in [4.69, 9.17) is 16.0 Å². The normalized spacial score (nSPS) is 12.7. The lowest BCUT2D eigenvalue weighted by Crippen LogP contribution is -1.94. The summed E-state index contributed by atoms with van der Waals surface area (Å²) in [5.41, 5.74) is 0.372. The molecule has 1 aromatic carbocycles. The Hall–Kier alpha value is -0.940. The summed E-state index contributed by atoms with van der Waals surface area (Å²) in [6, 6.07) is 4.56. The Kier molecular flexibility index (Phi) is 4.35. The molecule has 0 N–H and O–H groups in total. The summed E-state index contributed by atoms with van der Waals surface area (Å²) in [7, 11) is 0. The molecule has 3 nitrogen and oxygen atoms in total. The van der Waals surface area contributed by atoms with Gasteiger partial charge in [-0.1, -0.05) is 40.5 Å². The second-order valence-electron chi connectivity index (χ2n) is 3.79. The lowest BCUT2D eigenvalue weighted by molar-refractivity contribution is 0.451. The van der Waals surface area contributed by atoms with Gasteiger partial charge >= 0.3 is 0 Å². The maximum Gasteiger partial charge on any atom is 0.230 e. The van der Waals surface area contributed by atoms with Crippen LogP contribution in [0.1, 0.15) is 35.5 Å². The summed E-state index contributed by atoms with van der Waals surface area (Å²) < 4.78 is 19.0. The minimum atomic E-state index is -0.367. The van der Waals surface area contributed by atoms with E-state index >= 15 is 0 Å². The minimum absolute atomic E-state index is 0.0230. The zero-order chi connectivity index (χ0) is 13.1. The number of benzene rings is 1. The zero-order valence-electron chi connectivity index (χ0n) is 9.66. The van der Waals surface area contributed by atoms with Crippen LogP contribution in [0.5, 0.6) is 0 Å². The number of alkyl halides is 1. The second-order valence-corrected chi connectivity index (χ2v) is 5.30. The van der Waals surface area contributed by atoms with Gasteiger partial charge < -0.3 is 4.42 Å². The van der Waals surface area contributed by atoms with Crippen molar-refractivity contribution in [2.45, 2.75) is 24.6 Å². The van der Waals surface area contributed by atoms with E-state index in [0.29, 0.717) is 22.4 Å². The van der Waals surface area contributed by atoms with Crippen molar-refractivity contribution in [3.05, 3.63) is 46.4 Å². The van der Waals surface area contributed by atoms with Crippen LogP contribution in [-0.2, 0) is 6.42 Å². The molecule has 0 aliphatic rings. The molecule has 1 unspecified atom stereocenters. The van der Waals surface area contributed by atoms with Gasteiger partial charge in [0, 0.05) is 10.6 Å². The van der Waals surface area contributed by atoms with Crippen molar-refractivity contribution in [1.29, 1.82) is 0 Å². The van der Waals surface area contributed by atoms with Gasteiger partial charge in [0.1, 0.15) is 5.82 Å². The Balaban J connectivity index is 2.21. The molecule has 1 aromatic heterocycles. The summed E-state index contributed by atoms with van der Waals surface area (Å²) in [5, 5.41) is 8.17. The molecule has 1 heterocycles. The van der Waals surface area contributed by atoms with E-state index in [-0.39, 0.29) is 17.1 Å². The van der Waals surface area contributed by atoms with E-state index in [0.717, 1.165) is 6.42 Å². The molecule has 96 valence electrons. The van der Waals surface area contributed by atoms with Gasteiger partial charge in [0.2, 0.25) is 11.8 Å². The Bertz CT molecular complexity index is 526. The van der Waals surface area contributed by atoms with Gasteiger partial charge in [-0.3, -0.25) is 0 Å². The number of aromatic nitrogens is 2. The smallest absolute Gasteiger partial charge is 0.230 e. The van der Waals surface area contributed by atoms with E-state index in [9.17, 15) is 4.39 Å². The van der Waals surface area contributed by atoms with Crippen LogP contribution in [-0.4, -0.2) is 10.2 Å². The Morgan fingerprint density at radius 1 is 1.44 bits per heavy atom. The molecule has 0 saturated heterocycles. The lowest BCUT2D eigenvalue weighted by atomic mass is 10.1. The first kappa shape index (κ1) is 13.5. The van der Waals surface area contributed by atoms with Crippen LogP contribution in [0.15, 0.2) is 22.6 Å². The van der Waals surface area contributed by atoms with Crippen molar-refractivity contribution in [2.75, 3.05) is 0 Å². The van der Waals surface area contributed by atoms with Gasteiger partial charge in [0.05, 0.1) is 11.2 Å². The molecular weight excluding hydrogens is 322 g/mol. The first-order valence-electron chi connectivity index (χ1n) is 5.51. The molecule has 1 atom stereocenters. The topological polar surface area (TPSA) is 38.9 Å². The highest BCUT2D eigenvalue weighted by Gasteiger charge is 2.16. The molecule has 0 bridgehead atoms. The zero-order valence-corrected chi connectivity index (χ0v) is 12.0. The van der Waals surface area contributed by atoms with Crippen LogP contribution >= 0.6 is 27.5 Å². The highest BCUT2D eigenvalue weighted by atomic mass is 79.9. The van der Waals surface area contributed by atoms with Crippen LogP contribution in [0.25, 0.3) is 0 Å². The molecule has 2 rings (SSSR count). The third kappa shape index (κ3) is 2.90. The van der Waals surface area contributed by atoms with E-state index < -0.39 is 0 Å². The lowest BCUT2D eigenvalue weighted by Gasteiger charge is -2.02. The third-order valence-corrected chi connectivity index (χ3v) is 3.89. The van der Waals surface area contributed by atoms with Crippen molar-refractivity contribution >= 4 is 27.5 Å². The van der Waals surface area contributed by atoms with Gasteiger partial charge in [0.15, 0.2) is 0 Å². The fourth-order valence-corrected chi connectivity index (χ4v) is 1.91. The average molecular weight is 334 g/mol. The maximum atomic E-state index is 13.6. The van der Waals surface area contributed by atoms with Crippen LogP contribution in [0.3, 0.4) is 0 Å². The van der Waals surface area contributed by atoms with E-state index in [2.05, 4.69) is 26.1 Å². The van der Waals surface area contributed by atoms with Crippen molar-refractivity contribution in [2.24, 2.45) is 0 Å². The highest BCUT2D eigenvalue weighted by molar-refractivity contribution is 9.09. The summed E-state index contributed by atoms with van der Waals surface area (Å²) >= 11 is 9.35. The van der Waals surface area contributed by atoms with Gasteiger partial charge in [-0.2, -0.15) is 0 Å². The molecule has 0 amide bonds. The SMILES string of the molecule is CCC(Br)c1nnc(Cc2c(F)cccc2Cl)o1. The maximum absolute atomic E-state index is 13.6. The molecule has 2 aromatic rings. The Morgan fingerprint density at radius 2 is 2.22 bits per heavy atom. The third-order valence-electron chi connectivity index (χ3n) is 2.50. The number of rotatable bonds is 4. The fourth-order valence-electron chi connectivity index (χ4n) is 1.49. The number of hydrogen-bond acceptors (Lipinski definition) is 3. The molecule has 0 aliphatic heterocycles. The standard InChI is InChI=1S/C12H11BrClFN2O/c1-2-8(13)12-17-16-11(18-12)6-7-9(14)4-3-5-10(7)15/h3-5,8H,2,6H2,1H3. The molecule has 0 spiro atoms. The van der Waals surface area contributed by atoms with Crippen molar-refractivity contribution in [3.8, 4) is 0 Å². The van der Waals surface area contributed by atoms with Crippen molar-refractivity contribution in [3.63, 3.8) is 0 Å². The van der Waals surface area contributed by atoms with Gasteiger partial charge in [-0.25, -0.2) is 4.39 Å². The molecule has 0 saturated carbocycles. The first-order chi connectivity index (χ1) is 8.61. The van der Waals surface area contributed by atoms with Crippen LogP contribution in [0, 0.1) is 5.82 Å². The van der Waals surface area contributed by atoms with Crippen LogP contribution < -0.4 is 0 Å². The molecule has 18 heavy (non-hydrogen) atoms. The van der Waals surface area contributed by atoms with Gasteiger partial charge in [-0.05, 0) is 18.6 Å². The Morgan fingerprint density at radius 3 is 2.89 bits per heavy atom. The summed E-state index contributed by atoms with van der Waals surface area (Å²) in [6.45, 7) is 2.00. The predicted molar refractivity (Wildman–Crippen MR) is 70.5 cm³/mol. The second kappa shape index (κ2) is 5.80. The number of nitrogens with zero attached hydrogens (tertiary/aromatic N) is 2. The summed E-state index contributed by atoms with van der Waals surface area (Å²) in [6.07, 6.45) is 1.03. The largest absolute Gasteiger partial charge is 0.424 e. The van der Waals surface area contributed by atoms with Gasteiger partial charge in [0.25, 0.3) is 0 Å². The summed E-state index contributed by atoms with van der Waals surface area (Å²) in [5.74, 6) is 0.489. The predicted octanol–water partition coefficient (Wildman–Crippen LogP) is 4.30. The Labute approximate surface area is 117 Å². The van der Waals surface area contributed by atoms with E-state index in [1.165, 1.54) is 6.07 Å². The van der Waals surface area contributed by atoms with Crippen molar-refractivity contribution in [1.82, 2.24) is 10.2 Å². The quantitative estimate of drug-likeness (QED) is 0.783. The number of halogens is 3. The van der Waals surface area contributed by atoms with E-state index in [1.54, 1.807) is 12.1 Å². The molecule has 0 aliphatic carbocycles. The first-order valence-corrected chi connectivity index (χ1v) is 6.80. The average Bonchev–Trinajstić information content (AvgIpc) is 2.81. The molecule has 0 fully saturated rings. The van der Waals surface area contributed by atoms with Gasteiger partial charge in [-0.15, -0.1) is 10.2 Å².